The van der Waals surface area contributed by atoms with Gasteiger partial charge in [0.25, 0.3) is 0 Å². The van der Waals surface area contributed by atoms with Gasteiger partial charge in [-0.2, -0.15) is 0 Å². The van der Waals surface area contributed by atoms with Gasteiger partial charge in [-0.25, -0.2) is 4.79 Å². The lowest BCUT2D eigenvalue weighted by atomic mass is 10.2. The molecule has 0 fully saturated rings. The zero-order valence-electron chi connectivity index (χ0n) is 8.08. The van der Waals surface area contributed by atoms with Crippen LogP contribution >= 0.6 is 69.6 Å². The first-order valence-electron chi connectivity index (χ1n) is 4.07. The topological polar surface area (TPSA) is 26.3 Å². The molecule has 0 saturated heterocycles. The third kappa shape index (κ3) is 8.10. The molecule has 0 aromatic carbocycles. The fourth-order valence-electron chi connectivity index (χ4n) is 0.775. The van der Waals surface area contributed by atoms with E-state index in [0.717, 1.165) is 6.08 Å². The van der Waals surface area contributed by atoms with Gasteiger partial charge in [-0.05, 0) is 12.5 Å². The van der Waals surface area contributed by atoms with Crippen molar-refractivity contribution >= 4 is 75.6 Å². The molecule has 8 heteroatoms. The van der Waals surface area contributed by atoms with Crippen LogP contribution in [0.25, 0.3) is 0 Å². The highest BCUT2D eigenvalue weighted by Crippen LogP contribution is 2.43. The Bertz CT molecular complexity index is 275. The van der Waals surface area contributed by atoms with Crippen LogP contribution in [0.2, 0.25) is 0 Å². The van der Waals surface area contributed by atoms with Gasteiger partial charge in [-0.15, -0.1) is 0 Å². The predicted molar refractivity (Wildman–Crippen MR) is 69.9 cm³/mol. The Morgan fingerprint density at radius 3 is 2.00 bits per heavy atom. The minimum absolute atomic E-state index is 0.0518. The number of rotatable bonds is 3. The molecular weight excluding hydrogens is 341 g/mol. The molecule has 94 valence electrons. The summed E-state index contributed by atoms with van der Waals surface area (Å²) in [7, 11) is 0. The maximum Gasteiger partial charge on any atom is 0.330 e. The number of hydrogen-bond donors (Lipinski definition) is 0. The largest absolute Gasteiger partial charge is 0.463 e. The van der Waals surface area contributed by atoms with Crippen molar-refractivity contribution in [2.24, 2.45) is 0 Å². The summed E-state index contributed by atoms with van der Waals surface area (Å²) in [6, 6.07) is 0. The molecule has 0 aromatic heterocycles. The van der Waals surface area contributed by atoms with Gasteiger partial charge in [0, 0.05) is 12.5 Å². The van der Waals surface area contributed by atoms with Crippen LogP contribution in [0.15, 0.2) is 11.6 Å². The van der Waals surface area contributed by atoms with Crippen molar-refractivity contribution in [2.75, 3.05) is 6.61 Å². The smallest absolute Gasteiger partial charge is 0.330 e. The Balaban J connectivity index is 4.89. The summed E-state index contributed by atoms with van der Waals surface area (Å²) < 4.78 is 1.19. The van der Waals surface area contributed by atoms with Gasteiger partial charge in [-0.1, -0.05) is 69.6 Å². The van der Waals surface area contributed by atoms with E-state index in [9.17, 15) is 4.79 Å². The van der Waals surface area contributed by atoms with Crippen molar-refractivity contribution in [3.63, 3.8) is 0 Å². The van der Waals surface area contributed by atoms with Gasteiger partial charge in [-0.3, -0.25) is 0 Å². The van der Waals surface area contributed by atoms with E-state index in [1.165, 1.54) is 0 Å². The Morgan fingerprint density at radius 2 is 1.69 bits per heavy atom. The molecule has 0 unspecified atom stereocenters. The van der Waals surface area contributed by atoms with Crippen molar-refractivity contribution in [3.8, 4) is 0 Å². The minimum atomic E-state index is -1.82. The van der Waals surface area contributed by atoms with E-state index in [1.807, 2.05) is 0 Å². The molecule has 0 spiro atoms. The van der Waals surface area contributed by atoms with Crippen molar-refractivity contribution in [3.05, 3.63) is 11.6 Å². The van der Waals surface area contributed by atoms with Crippen LogP contribution in [-0.2, 0) is 9.53 Å². The molecule has 0 saturated carbocycles. The molecule has 0 aromatic rings. The normalized spacial score (nSPS) is 13.8. The van der Waals surface area contributed by atoms with Gasteiger partial charge in [0.1, 0.15) is 0 Å². The van der Waals surface area contributed by atoms with E-state index < -0.39 is 13.6 Å². The number of carbonyl (C=O) groups is 1. The third-order valence-electron chi connectivity index (χ3n) is 1.33. The Kier molecular flexibility index (Phi) is 7.17. The Morgan fingerprint density at radius 1 is 1.19 bits per heavy atom. The molecule has 0 bridgehead atoms. The summed E-state index contributed by atoms with van der Waals surface area (Å²) in [5, 5.41) is 0. The van der Waals surface area contributed by atoms with Crippen LogP contribution in [0.5, 0.6) is 0 Å². The molecule has 16 heavy (non-hydrogen) atoms. The highest BCUT2D eigenvalue weighted by molar-refractivity contribution is 6.70. The number of allylic oxidation sites excluding steroid dienone is 1. The lowest BCUT2D eigenvalue weighted by Gasteiger charge is -2.19. The zero-order chi connectivity index (χ0) is 13.0. The molecular formula is C8H8Cl6O2. The summed E-state index contributed by atoms with van der Waals surface area (Å²) in [6.07, 6.45) is 0.825. The average Bonchev–Trinajstić information content (AvgIpc) is 1.98. The van der Waals surface area contributed by atoms with E-state index in [-0.39, 0.29) is 18.6 Å². The standard InChI is InChI=1S/C8H8Cl6O2/c1-2-16-6(15)3-5(8(12,13)14)4-7(9,10)11/h3H,2,4H2,1H3. The summed E-state index contributed by atoms with van der Waals surface area (Å²) >= 11 is 33.6. The SMILES string of the molecule is CCOC(=O)C=C(CC(Cl)(Cl)Cl)C(Cl)(Cl)Cl. The molecule has 2 nitrogen and oxygen atoms in total. The molecule has 0 amide bonds. The monoisotopic (exact) mass is 346 g/mol. The lowest BCUT2D eigenvalue weighted by Crippen LogP contribution is -2.16. The lowest BCUT2D eigenvalue weighted by molar-refractivity contribution is -0.137. The highest BCUT2D eigenvalue weighted by Gasteiger charge is 2.33. The molecule has 0 aliphatic rings. The Hall–Kier alpha value is 0.950. The maximum absolute atomic E-state index is 11.2. The van der Waals surface area contributed by atoms with Crippen LogP contribution in [-0.4, -0.2) is 20.2 Å². The molecule has 0 radical (unpaired) electrons. The van der Waals surface area contributed by atoms with Crippen molar-refractivity contribution in [1.82, 2.24) is 0 Å². The summed E-state index contributed by atoms with van der Waals surface area (Å²) in [5.74, 6) is -0.655. The van der Waals surface area contributed by atoms with Crippen LogP contribution in [0.1, 0.15) is 13.3 Å². The van der Waals surface area contributed by atoms with Gasteiger partial charge >= 0.3 is 5.97 Å². The first-order chi connectivity index (χ1) is 7.06. The average molecular weight is 349 g/mol. The predicted octanol–water partition coefficient (Wildman–Crippen LogP) is 4.61. The van der Waals surface area contributed by atoms with E-state index in [4.69, 9.17) is 69.6 Å². The van der Waals surface area contributed by atoms with Gasteiger partial charge in [0.2, 0.25) is 3.79 Å². The van der Waals surface area contributed by atoms with Crippen LogP contribution < -0.4 is 0 Å². The van der Waals surface area contributed by atoms with Crippen LogP contribution in [0.3, 0.4) is 0 Å². The number of carbonyl (C=O) groups excluding carboxylic acids is 1. The van der Waals surface area contributed by atoms with Gasteiger partial charge in [0.05, 0.1) is 6.61 Å². The fraction of sp³-hybridized carbons (Fsp3) is 0.625. The van der Waals surface area contributed by atoms with Crippen molar-refractivity contribution in [1.29, 1.82) is 0 Å². The molecule has 0 heterocycles. The van der Waals surface area contributed by atoms with Gasteiger partial charge in [0.15, 0.2) is 3.79 Å². The maximum atomic E-state index is 11.2. The number of ether oxygens (including phenoxy) is 1. The fourth-order valence-corrected chi connectivity index (χ4v) is 1.57. The number of hydrogen-bond acceptors (Lipinski definition) is 2. The number of alkyl halides is 6. The summed E-state index contributed by atoms with van der Waals surface area (Å²) in [5.41, 5.74) is 0.0518. The van der Waals surface area contributed by atoms with Crippen molar-refractivity contribution < 1.29 is 9.53 Å². The van der Waals surface area contributed by atoms with Crippen molar-refractivity contribution in [2.45, 2.75) is 20.9 Å². The summed E-state index contributed by atoms with van der Waals surface area (Å²) in [6.45, 7) is 1.85. The second-order valence-electron chi connectivity index (χ2n) is 2.71. The first-order valence-corrected chi connectivity index (χ1v) is 6.34. The molecule has 0 rings (SSSR count). The van der Waals surface area contributed by atoms with E-state index >= 15 is 0 Å². The molecule has 0 aliphatic heterocycles. The van der Waals surface area contributed by atoms with Crippen LogP contribution in [0, 0.1) is 0 Å². The second-order valence-corrected chi connectivity index (χ2v) is 7.51. The van der Waals surface area contributed by atoms with E-state index in [2.05, 4.69) is 4.74 Å². The quantitative estimate of drug-likeness (QED) is 0.423. The first kappa shape index (κ1) is 16.9. The van der Waals surface area contributed by atoms with E-state index in [1.54, 1.807) is 6.92 Å². The second kappa shape index (κ2) is 6.77. The summed E-state index contributed by atoms with van der Waals surface area (Å²) in [4.78, 5) is 11.2. The third-order valence-corrected chi connectivity index (χ3v) is 2.46. The van der Waals surface area contributed by atoms with Crippen LogP contribution in [0.4, 0.5) is 0 Å². The molecule has 0 aliphatic carbocycles. The molecule has 0 atom stereocenters. The molecule has 0 N–H and O–H groups in total. The zero-order valence-corrected chi connectivity index (χ0v) is 12.6. The Labute approximate surface area is 124 Å². The minimum Gasteiger partial charge on any atom is -0.463 e. The van der Waals surface area contributed by atoms with E-state index in [0.29, 0.717) is 0 Å². The number of halogens is 6. The number of esters is 1. The van der Waals surface area contributed by atoms with Gasteiger partial charge < -0.3 is 4.74 Å². The highest BCUT2D eigenvalue weighted by atomic mass is 35.6.